The Morgan fingerprint density at radius 3 is 2.36 bits per heavy atom. The van der Waals surface area contributed by atoms with Crippen LogP contribution in [-0.4, -0.2) is 45.2 Å². The summed E-state index contributed by atoms with van der Waals surface area (Å²) in [5.74, 6) is -0.809. The summed E-state index contributed by atoms with van der Waals surface area (Å²) < 4.78 is 15.6. The number of rotatable bonds is 9. The predicted octanol–water partition coefficient (Wildman–Crippen LogP) is 3.36. The lowest BCUT2D eigenvalue weighted by molar-refractivity contribution is -0.151. The zero-order valence-electron chi connectivity index (χ0n) is 19.5. The molecule has 0 radical (unpaired) electrons. The van der Waals surface area contributed by atoms with E-state index in [0.717, 1.165) is 29.7 Å². The molecule has 1 aliphatic heterocycles. The number of nitrogens with one attached hydrogen (secondary N) is 1. The molecule has 0 saturated carbocycles. The lowest BCUT2D eigenvalue weighted by atomic mass is 10.0. The molecule has 1 N–H and O–H groups in total. The van der Waals surface area contributed by atoms with Crippen molar-refractivity contribution < 1.29 is 28.6 Å². The summed E-state index contributed by atoms with van der Waals surface area (Å²) in [6, 6.07) is 11.0. The number of benzene rings is 2. The topological polar surface area (TPSA) is 94.2 Å². The van der Waals surface area contributed by atoms with Crippen molar-refractivity contribution in [3.05, 3.63) is 47.5 Å². The van der Waals surface area contributed by atoms with E-state index in [2.05, 4.69) is 5.32 Å². The summed E-state index contributed by atoms with van der Waals surface area (Å²) in [6.07, 6.45) is 1.64. The Labute approximate surface area is 193 Å². The van der Waals surface area contributed by atoms with Crippen molar-refractivity contribution in [3.63, 3.8) is 0 Å². The molecular weight excluding hydrogens is 424 g/mol. The number of amides is 2. The molecular formula is C25H30N2O6. The molecule has 2 aromatic carbocycles. The van der Waals surface area contributed by atoms with Gasteiger partial charge in [0, 0.05) is 24.7 Å². The summed E-state index contributed by atoms with van der Waals surface area (Å²) in [5, 5.41) is 2.66. The molecule has 0 aromatic heterocycles. The zero-order chi connectivity index (χ0) is 24.0. The van der Waals surface area contributed by atoms with Gasteiger partial charge in [0.15, 0.2) is 6.61 Å². The monoisotopic (exact) mass is 454 g/mol. The standard InChI is InChI=1S/C25H30N2O6/c1-5-16-8-7-9-17(6-2)24(16)27-14-18(12-23(27)29)25(30)33-15-22(28)26-20-13-19(31-3)10-11-21(20)32-4/h7-11,13,18H,5-6,12,14-15H2,1-4H3,(H,26,28)/t18-/m1/s1. The molecule has 2 amide bonds. The highest BCUT2D eigenvalue weighted by molar-refractivity contribution is 6.01. The molecule has 8 nitrogen and oxygen atoms in total. The van der Waals surface area contributed by atoms with Gasteiger partial charge >= 0.3 is 5.97 Å². The number of esters is 1. The first-order valence-corrected chi connectivity index (χ1v) is 11.0. The van der Waals surface area contributed by atoms with Crippen LogP contribution in [0.3, 0.4) is 0 Å². The number of carbonyl (C=O) groups is 3. The molecule has 0 spiro atoms. The van der Waals surface area contributed by atoms with Crippen LogP contribution in [0.4, 0.5) is 11.4 Å². The van der Waals surface area contributed by atoms with Crippen LogP contribution >= 0.6 is 0 Å². The first-order chi connectivity index (χ1) is 15.9. The summed E-state index contributed by atoms with van der Waals surface area (Å²) in [4.78, 5) is 39.4. The molecule has 8 heteroatoms. The molecule has 33 heavy (non-hydrogen) atoms. The minimum Gasteiger partial charge on any atom is -0.497 e. The van der Waals surface area contributed by atoms with E-state index >= 15 is 0 Å². The Bertz CT molecular complexity index is 1010. The van der Waals surface area contributed by atoms with Gasteiger partial charge in [-0.3, -0.25) is 14.4 Å². The third-order valence-corrected chi connectivity index (χ3v) is 5.72. The van der Waals surface area contributed by atoms with Gasteiger partial charge in [0.25, 0.3) is 5.91 Å². The fourth-order valence-electron chi connectivity index (χ4n) is 4.00. The first-order valence-electron chi connectivity index (χ1n) is 11.0. The number of para-hydroxylation sites is 1. The molecule has 1 fully saturated rings. The molecule has 176 valence electrons. The lowest BCUT2D eigenvalue weighted by Crippen LogP contribution is -2.29. The van der Waals surface area contributed by atoms with E-state index < -0.39 is 24.4 Å². The maximum atomic E-state index is 12.7. The Balaban J connectivity index is 1.62. The smallest absolute Gasteiger partial charge is 0.311 e. The second-order valence-corrected chi connectivity index (χ2v) is 7.76. The quantitative estimate of drug-likeness (QED) is 0.584. The molecule has 1 aliphatic rings. The van der Waals surface area contributed by atoms with Gasteiger partial charge < -0.3 is 24.4 Å². The normalized spacial score (nSPS) is 15.3. The third-order valence-electron chi connectivity index (χ3n) is 5.72. The van der Waals surface area contributed by atoms with E-state index in [4.69, 9.17) is 14.2 Å². The van der Waals surface area contributed by atoms with Crippen LogP contribution in [0.15, 0.2) is 36.4 Å². The van der Waals surface area contributed by atoms with Crippen LogP contribution in [-0.2, 0) is 32.0 Å². The van der Waals surface area contributed by atoms with Crippen LogP contribution in [0, 0.1) is 5.92 Å². The number of ether oxygens (including phenoxy) is 3. The van der Waals surface area contributed by atoms with Crippen molar-refractivity contribution in [1.82, 2.24) is 0 Å². The van der Waals surface area contributed by atoms with Crippen LogP contribution in [0.2, 0.25) is 0 Å². The fraction of sp³-hybridized carbons (Fsp3) is 0.400. The van der Waals surface area contributed by atoms with E-state index in [9.17, 15) is 14.4 Å². The highest BCUT2D eigenvalue weighted by atomic mass is 16.5. The van der Waals surface area contributed by atoms with Gasteiger partial charge in [-0.2, -0.15) is 0 Å². The molecule has 0 bridgehead atoms. The summed E-state index contributed by atoms with van der Waals surface area (Å²) in [6.45, 7) is 3.86. The summed E-state index contributed by atoms with van der Waals surface area (Å²) >= 11 is 0. The molecule has 0 unspecified atom stereocenters. The van der Waals surface area contributed by atoms with Crippen molar-refractivity contribution in [2.24, 2.45) is 5.92 Å². The maximum absolute atomic E-state index is 12.7. The van der Waals surface area contributed by atoms with Crippen molar-refractivity contribution in [2.45, 2.75) is 33.1 Å². The largest absolute Gasteiger partial charge is 0.497 e. The number of carbonyl (C=O) groups excluding carboxylic acids is 3. The van der Waals surface area contributed by atoms with Gasteiger partial charge in [-0.05, 0) is 36.1 Å². The Hall–Kier alpha value is -3.55. The van der Waals surface area contributed by atoms with E-state index in [0.29, 0.717) is 17.2 Å². The van der Waals surface area contributed by atoms with Crippen molar-refractivity contribution in [2.75, 3.05) is 37.6 Å². The third kappa shape index (κ3) is 5.45. The molecule has 1 saturated heterocycles. The van der Waals surface area contributed by atoms with E-state index in [1.165, 1.54) is 14.2 Å². The van der Waals surface area contributed by atoms with Crippen LogP contribution < -0.4 is 19.7 Å². The van der Waals surface area contributed by atoms with Gasteiger partial charge in [-0.1, -0.05) is 32.0 Å². The summed E-state index contributed by atoms with van der Waals surface area (Å²) in [5.41, 5.74) is 3.45. The fourth-order valence-corrected chi connectivity index (χ4v) is 4.00. The number of hydrogen-bond donors (Lipinski definition) is 1. The Morgan fingerprint density at radius 1 is 1.06 bits per heavy atom. The van der Waals surface area contributed by atoms with Gasteiger partial charge in [-0.15, -0.1) is 0 Å². The highest BCUT2D eigenvalue weighted by Crippen LogP contribution is 2.33. The molecule has 0 aliphatic carbocycles. The zero-order valence-corrected chi connectivity index (χ0v) is 19.5. The maximum Gasteiger partial charge on any atom is 0.311 e. The second kappa shape index (κ2) is 10.8. The van der Waals surface area contributed by atoms with Crippen molar-refractivity contribution >= 4 is 29.2 Å². The highest BCUT2D eigenvalue weighted by Gasteiger charge is 2.37. The van der Waals surface area contributed by atoms with Crippen LogP contribution in [0.25, 0.3) is 0 Å². The van der Waals surface area contributed by atoms with Gasteiger partial charge in [-0.25, -0.2) is 0 Å². The number of anilines is 2. The number of hydrogen-bond acceptors (Lipinski definition) is 6. The number of aryl methyl sites for hydroxylation is 2. The SMILES string of the molecule is CCc1cccc(CC)c1N1C[C@H](C(=O)OCC(=O)Nc2cc(OC)ccc2OC)CC1=O. The van der Waals surface area contributed by atoms with E-state index in [1.54, 1.807) is 23.1 Å². The Morgan fingerprint density at radius 2 is 1.76 bits per heavy atom. The van der Waals surface area contributed by atoms with Gasteiger partial charge in [0.05, 0.1) is 25.8 Å². The lowest BCUT2D eigenvalue weighted by Gasteiger charge is -2.23. The van der Waals surface area contributed by atoms with E-state index in [-0.39, 0.29) is 18.9 Å². The van der Waals surface area contributed by atoms with Crippen LogP contribution in [0.5, 0.6) is 11.5 Å². The summed E-state index contributed by atoms with van der Waals surface area (Å²) in [7, 11) is 3.00. The molecule has 3 rings (SSSR count). The Kier molecular flexibility index (Phi) is 7.92. The van der Waals surface area contributed by atoms with Crippen molar-refractivity contribution in [1.29, 1.82) is 0 Å². The van der Waals surface area contributed by atoms with E-state index in [1.807, 2.05) is 32.0 Å². The molecule has 1 heterocycles. The first kappa shape index (κ1) is 24.1. The van der Waals surface area contributed by atoms with Crippen molar-refractivity contribution in [3.8, 4) is 11.5 Å². The van der Waals surface area contributed by atoms with Crippen LogP contribution in [0.1, 0.15) is 31.4 Å². The minimum absolute atomic E-state index is 0.0609. The molecule has 2 aromatic rings. The predicted molar refractivity (Wildman–Crippen MR) is 125 cm³/mol. The average Bonchev–Trinajstić information content (AvgIpc) is 3.22. The minimum atomic E-state index is -0.619. The molecule has 1 atom stereocenters. The average molecular weight is 455 g/mol. The number of methoxy groups -OCH3 is 2. The number of nitrogens with zero attached hydrogens (tertiary/aromatic N) is 1. The van der Waals surface area contributed by atoms with Gasteiger partial charge in [0.1, 0.15) is 11.5 Å². The van der Waals surface area contributed by atoms with Gasteiger partial charge in [0.2, 0.25) is 5.91 Å². The second-order valence-electron chi connectivity index (χ2n) is 7.76.